The number of anilines is 1. The van der Waals surface area contributed by atoms with E-state index in [1.165, 1.54) is 13.0 Å². The van der Waals surface area contributed by atoms with Gasteiger partial charge in [-0.3, -0.25) is 9.59 Å². The highest BCUT2D eigenvalue weighted by atomic mass is 19.1. The summed E-state index contributed by atoms with van der Waals surface area (Å²) in [5.74, 6) is -0.592. The van der Waals surface area contributed by atoms with E-state index in [0.29, 0.717) is 30.8 Å². The van der Waals surface area contributed by atoms with Gasteiger partial charge in [0, 0.05) is 50.2 Å². The second-order valence-electron chi connectivity index (χ2n) is 7.82. The van der Waals surface area contributed by atoms with E-state index in [1.54, 1.807) is 36.6 Å². The van der Waals surface area contributed by atoms with Crippen LogP contribution in [0.15, 0.2) is 61.2 Å². The van der Waals surface area contributed by atoms with Gasteiger partial charge in [-0.1, -0.05) is 24.3 Å². The SMILES string of the molecule is CC(=O)NCC(CN(C)c1ccc(-c2ccc(C(N)Cn3ccnc3)cc2)c(F)c1)OC=O. The van der Waals surface area contributed by atoms with Gasteiger partial charge in [-0.2, -0.15) is 0 Å². The van der Waals surface area contributed by atoms with E-state index in [1.807, 2.05) is 35.0 Å². The molecule has 9 heteroatoms. The van der Waals surface area contributed by atoms with Crippen LogP contribution in [0.5, 0.6) is 0 Å². The Kier molecular flexibility index (Phi) is 8.15. The van der Waals surface area contributed by atoms with E-state index in [2.05, 4.69) is 10.3 Å². The lowest BCUT2D eigenvalue weighted by Crippen LogP contribution is -2.39. The van der Waals surface area contributed by atoms with Gasteiger partial charge in [0.1, 0.15) is 11.9 Å². The van der Waals surface area contributed by atoms with Crippen LogP contribution < -0.4 is 16.0 Å². The zero-order valence-electron chi connectivity index (χ0n) is 18.6. The van der Waals surface area contributed by atoms with Crippen molar-refractivity contribution in [1.29, 1.82) is 0 Å². The van der Waals surface area contributed by atoms with Crippen molar-refractivity contribution in [2.45, 2.75) is 25.6 Å². The lowest BCUT2D eigenvalue weighted by atomic mass is 10.00. The fourth-order valence-electron chi connectivity index (χ4n) is 3.52. The molecule has 0 aliphatic heterocycles. The topological polar surface area (TPSA) is 102 Å². The normalized spacial score (nSPS) is 12.6. The number of amides is 1. The minimum absolute atomic E-state index is 0.175. The number of aromatic nitrogens is 2. The number of rotatable bonds is 11. The molecule has 3 N–H and O–H groups in total. The molecule has 0 aliphatic rings. The van der Waals surface area contributed by atoms with Crippen LogP contribution in [0.1, 0.15) is 18.5 Å². The summed E-state index contributed by atoms with van der Waals surface area (Å²) in [7, 11) is 1.76. The minimum atomic E-state index is -0.557. The third-order valence-electron chi connectivity index (χ3n) is 5.31. The van der Waals surface area contributed by atoms with Gasteiger partial charge in [0.2, 0.25) is 5.91 Å². The van der Waals surface area contributed by atoms with E-state index in [9.17, 15) is 14.0 Å². The summed E-state index contributed by atoms with van der Waals surface area (Å²) in [4.78, 5) is 27.7. The van der Waals surface area contributed by atoms with Crippen LogP contribution in [-0.4, -0.2) is 48.2 Å². The zero-order valence-corrected chi connectivity index (χ0v) is 18.6. The number of likely N-dealkylation sites (N-methyl/N-ethyl adjacent to an activating group) is 1. The van der Waals surface area contributed by atoms with Crippen molar-refractivity contribution >= 4 is 18.1 Å². The molecule has 3 aromatic rings. The van der Waals surface area contributed by atoms with Gasteiger partial charge in [-0.05, 0) is 29.3 Å². The summed E-state index contributed by atoms with van der Waals surface area (Å²) in [5, 5.41) is 2.62. The molecule has 1 aromatic heterocycles. The fourth-order valence-corrected chi connectivity index (χ4v) is 3.52. The van der Waals surface area contributed by atoms with E-state index >= 15 is 0 Å². The van der Waals surface area contributed by atoms with Crippen LogP contribution >= 0.6 is 0 Å². The molecule has 0 saturated carbocycles. The first kappa shape index (κ1) is 23.9. The van der Waals surface area contributed by atoms with Gasteiger partial charge in [0.05, 0.1) is 19.4 Å². The first-order chi connectivity index (χ1) is 15.9. The molecule has 0 saturated heterocycles. The largest absolute Gasteiger partial charge is 0.461 e. The Morgan fingerprint density at radius 2 is 2.06 bits per heavy atom. The molecule has 1 heterocycles. The molecule has 0 aliphatic carbocycles. The molecule has 1 amide bonds. The molecule has 0 radical (unpaired) electrons. The number of benzene rings is 2. The predicted octanol–water partition coefficient (Wildman–Crippen LogP) is 2.50. The smallest absolute Gasteiger partial charge is 0.293 e. The Morgan fingerprint density at radius 1 is 1.30 bits per heavy atom. The highest BCUT2D eigenvalue weighted by molar-refractivity contribution is 5.72. The number of imidazole rings is 1. The van der Waals surface area contributed by atoms with Crippen molar-refractivity contribution in [3.8, 4) is 11.1 Å². The van der Waals surface area contributed by atoms with Crippen molar-refractivity contribution in [3.63, 3.8) is 0 Å². The number of carbonyl (C=O) groups excluding carboxylic acids is 2. The van der Waals surface area contributed by atoms with Gasteiger partial charge >= 0.3 is 0 Å². The average molecular weight is 454 g/mol. The summed E-state index contributed by atoms with van der Waals surface area (Å²) >= 11 is 0. The first-order valence-electron chi connectivity index (χ1n) is 10.5. The molecule has 0 fully saturated rings. The molecular formula is C24H28FN5O3. The average Bonchev–Trinajstić information content (AvgIpc) is 3.30. The Hall–Kier alpha value is -3.72. The summed E-state index contributed by atoms with van der Waals surface area (Å²) in [5.41, 5.74) is 9.06. The zero-order chi connectivity index (χ0) is 23.8. The van der Waals surface area contributed by atoms with E-state index in [-0.39, 0.29) is 24.3 Å². The molecule has 2 atom stereocenters. The molecule has 0 bridgehead atoms. The number of nitrogens with one attached hydrogen (secondary N) is 1. The molecular weight excluding hydrogens is 425 g/mol. The summed E-state index contributed by atoms with van der Waals surface area (Å²) < 4.78 is 21.9. The fraction of sp³-hybridized carbons (Fsp3) is 0.292. The van der Waals surface area contributed by atoms with Crippen LogP contribution in [0, 0.1) is 5.82 Å². The van der Waals surface area contributed by atoms with Crippen molar-refractivity contribution in [1.82, 2.24) is 14.9 Å². The Bertz CT molecular complexity index is 1060. The number of halogens is 1. The van der Waals surface area contributed by atoms with Crippen LogP contribution in [0.3, 0.4) is 0 Å². The third kappa shape index (κ3) is 6.63. The minimum Gasteiger partial charge on any atom is -0.461 e. The number of hydrogen-bond acceptors (Lipinski definition) is 6. The maximum atomic E-state index is 14.9. The number of nitrogens with zero attached hydrogens (tertiary/aromatic N) is 3. The highest BCUT2D eigenvalue weighted by Gasteiger charge is 2.16. The van der Waals surface area contributed by atoms with Crippen LogP contribution in [0.25, 0.3) is 11.1 Å². The van der Waals surface area contributed by atoms with Gasteiger partial charge in [-0.15, -0.1) is 0 Å². The lowest BCUT2D eigenvalue weighted by molar-refractivity contribution is -0.134. The van der Waals surface area contributed by atoms with Crippen molar-refractivity contribution in [2.75, 3.05) is 25.0 Å². The first-order valence-corrected chi connectivity index (χ1v) is 10.5. The van der Waals surface area contributed by atoms with Crippen molar-refractivity contribution in [2.24, 2.45) is 5.73 Å². The quantitative estimate of drug-likeness (QED) is 0.433. The van der Waals surface area contributed by atoms with Crippen molar-refractivity contribution in [3.05, 3.63) is 72.6 Å². The summed E-state index contributed by atoms with van der Waals surface area (Å²) in [6.07, 6.45) is 4.72. The van der Waals surface area contributed by atoms with E-state index in [0.717, 1.165) is 11.1 Å². The molecule has 8 nitrogen and oxygen atoms in total. The van der Waals surface area contributed by atoms with Gasteiger partial charge < -0.3 is 25.3 Å². The standard InChI is InChI=1S/C24H28FN5O3/c1-17(32)28-12-21(33-16-31)13-29(2)20-7-8-22(23(25)11-20)18-3-5-19(6-4-18)24(26)14-30-10-9-27-15-30/h3-11,15-16,21,24H,12-14,26H2,1-2H3,(H,28,32). The predicted molar refractivity (Wildman–Crippen MR) is 124 cm³/mol. The maximum absolute atomic E-state index is 14.9. The van der Waals surface area contributed by atoms with Gasteiger partial charge in [-0.25, -0.2) is 9.37 Å². The number of hydrogen-bond donors (Lipinski definition) is 2. The second-order valence-corrected chi connectivity index (χ2v) is 7.82. The molecule has 2 unspecified atom stereocenters. The third-order valence-corrected chi connectivity index (χ3v) is 5.31. The van der Waals surface area contributed by atoms with E-state index < -0.39 is 6.10 Å². The number of carbonyl (C=O) groups is 2. The second kappa shape index (κ2) is 11.2. The van der Waals surface area contributed by atoms with Crippen LogP contribution in [0.4, 0.5) is 10.1 Å². The van der Waals surface area contributed by atoms with Crippen LogP contribution in [0.2, 0.25) is 0 Å². The maximum Gasteiger partial charge on any atom is 0.293 e. The summed E-state index contributed by atoms with van der Waals surface area (Å²) in [6.45, 7) is 2.80. The van der Waals surface area contributed by atoms with E-state index in [4.69, 9.17) is 10.5 Å². The highest BCUT2D eigenvalue weighted by Crippen LogP contribution is 2.28. The Morgan fingerprint density at radius 3 is 2.67 bits per heavy atom. The Labute approximate surface area is 192 Å². The molecule has 174 valence electrons. The van der Waals surface area contributed by atoms with Gasteiger partial charge in [0.25, 0.3) is 6.47 Å². The molecule has 3 rings (SSSR count). The Balaban J connectivity index is 1.67. The van der Waals surface area contributed by atoms with Crippen molar-refractivity contribution < 1.29 is 18.7 Å². The monoisotopic (exact) mass is 453 g/mol. The molecule has 33 heavy (non-hydrogen) atoms. The number of ether oxygens (including phenoxy) is 1. The summed E-state index contributed by atoms with van der Waals surface area (Å²) in [6, 6.07) is 12.3. The lowest BCUT2D eigenvalue weighted by Gasteiger charge is -2.25. The molecule has 0 spiro atoms. The van der Waals surface area contributed by atoms with Gasteiger partial charge in [0.15, 0.2) is 0 Å². The molecule has 2 aromatic carbocycles. The van der Waals surface area contributed by atoms with Crippen LogP contribution in [-0.2, 0) is 20.9 Å². The number of nitrogens with two attached hydrogens (primary N) is 1.